The lowest BCUT2D eigenvalue weighted by Gasteiger charge is -2.13. The zero-order valence-electron chi connectivity index (χ0n) is 9.10. The van der Waals surface area contributed by atoms with Gasteiger partial charge in [0.05, 0.1) is 12.2 Å². The first kappa shape index (κ1) is 12.9. The van der Waals surface area contributed by atoms with E-state index in [0.717, 1.165) is 0 Å². The SMILES string of the molecule is COCC(NC(=O)c1ccc(=O)[nH]c1)C(=O)O. The Balaban J connectivity index is 2.73. The average Bonchev–Trinajstić information content (AvgIpc) is 2.29. The predicted molar refractivity (Wildman–Crippen MR) is 57.8 cm³/mol. The van der Waals surface area contributed by atoms with E-state index in [2.05, 4.69) is 15.0 Å². The van der Waals surface area contributed by atoms with Gasteiger partial charge in [-0.15, -0.1) is 0 Å². The van der Waals surface area contributed by atoms with Gasteiger partial charge in [-0.3, -0.25) is 9.59 Å². The highest BCUT2D eigenvalue weighted by molar-refractivity contribution is 5.96. The number of methoxy groups -OCH3 is 1. The van der Waals surface area contributed by atoms with Gasteiger partial charge in [0.1, 0.15) is 0 Å². The second kappa shape index (κ2) is 5.80. The van der Waals surface area contributed by atoms with Gasteiger partial charge >= 0.3 is 5.97 Å². The minimum absolute atomic E-state index is 0.134. The molecule has 17 heavy (non-hydrogen) atoms. The van der Waals surface area contributed by atoms with Crippen LogP contribution in [-0.4, -0.2) is 41.7 Å². The second-order valence-corrected chi connectivity index (χ2v) is 3.26. The number of rotatable bonds is 5. The Morgan fingerprint density at radius 1 is 1.53 bits per heavy atom. The highest BCUT2D eigenvalue weighted by atomic mass is 16.5. The molecule has 1 heterocycles. The van der Waals surface area contributed by atoms with Gasteiger partial charge in [0.2, 0.25) is 5.56 Å². The second-order valence-electron chi connectivity index (χ2n) is 3.26. The van der Waals surface area contributed by atoms with E-state index in [0.29, 0.717) is 0 Å². The van der Waals surface area contributed by atoms with Crippen molar-refractivity contribution in [2.75, 3.05) is 13.7 Å². The van der Waals surface area contributed by atoms with E-state index in [1.165, 1.54) is 25.4 Å². The van der Waals surface area contributed by atoms with Gasteiger partial charge in [-0.1, -0.05) is 0 Å². The molecule has 0 saturated carbocycles. The number of carboxylic acids is 1. The summed E-state index contributed by atoms with van der Waals surface area (Å²) in [6.07, 6.45) is 1.21. The minimum atomic E-state index is -1.19. The maximum Gasteiger partial charge on any atom is 0.328 e. The smallest absolute Gasteiger partial charge is 0.328 e. The van der Waals surface area contributed by atoms with Crippen molar-refractivity contribution in [2.24, 2.45) is 0 Å². The van der Waals surface area contributed by atoms with E-state index < -0.39 is 17.9 Å². The summed E-state index contributed by atoms with van der Waals surface area (Å²) >= 11 is 0. The number of carbonyl (C=O) groups is 2. The molecule has 0 fully saturated rings. The van der Waals surface area contributed by atoms with Crippen LogP contribution < -0.4 is 10.9 Å². The molecule has 0 bridgehead atoms. The molecule has 0 radical (unpaired) electrons. The van der Waals surface area contributed by atoms with Crippen molar-refractivity contribution in [3.63, 3.8) is 0 Å². The summed E-state index contributed by atoms with van der Waals surface area (Å²) in [5, 5.41) is 11.1. The minimum Gasteiger partial charge on any atom is -0.480 e. The van der Waals surface area contributed by atoms with E-state index in [1.54, 1.807) is 0 Å². The summed E-state index contributed by atoms with van der Waals surface area (Å²) in [5.41, 5.74) is -0.167. The third-order valence-corrected chi connectivity index (χ3v) is 1.98. The molecule has 1 amide bonds. The van der Waals surface area contributed by atoms with Crippen LogP contribution in [-0.2, 0) is 9.53 Å². The molecule has 7 heteroatoms. The molecule has 0 aliphatic carbocycles. The number of aromatic amines is 1. The largest absolute Gasteiger partial charge is 0.480 e. The lowest BCUT2D eigenvalue weighted by molar-refractivity contribution is -0.140. The Labute approximate surface area is 96.4 Å². The summed E-state index contributed by atoms with van der Waals surface area (Å²) in [7, 11) is 1.34. The number of pyridine rings is 1. The molecule has 1 aromatic heterocycles. The highest BCUT2D eigenvalue weighted by Crippen LogP contribution is 1.95. The summed E-state index contributed by atoms with van der Waals surface area (Å²) in [6, 6.07) is 1.36. The summed E-state index contributed by atoms with van der Waals surface area (Å²) in [4.78, 5) is 35.4. The number of carbonyl (C=O) groups excluding carboxylic acids is 1. The Kier molecular flexibility index (Phi) is 4.41. The average molecular weight is 240 g/mol. The molecule has 1 aromatic rings. The van der Waals surface area contributed by atoms with E-state index in [1.807, 2.05) is 0 Å². The van der Waals surface area contributed by atoms with Crippen molar-refractivity contribution in [3.05, 3.63) is 34.2 Å². The van der Waals surface area contributed by atoms with Crippen LogP contribution in [0.25, 0.3) is 0 Å². The fourth-order valence-electron chi connectivity index (χ4n) is 1.13. The predicted octanol–water partition coefficient (Wildman–Crippen LogP) is -0.796. The first-order valence-electron chi connectivity index (χ1n) is 4.76. The Morgan fingerprint density at radius 3 is 2.71 bits per heavy atom. The standard InChI is InChI=1S/C10H12N2O5/c1-17-5-7(10(15)16)12-9(14)6-2-3-8(13)11-4-6/h2-4,7H,5H2,1H3,(H,11,13)(H,12,14)(H,15,16). The molecule has 1 atom stereocenters. The van der Waals surface area contributed by atoms with Gasteiger partial charge in [-0.2, -0.15) is 0 Å². The summed E-state index contributed by atoms with van der Waals surface area (Å²) in [5.74, 6) is -1.78. The maximum atomic E-state index is 11.6. The molecule has 7 nitrogen and oxygen atoms in total. The molecule has 92 valence electrons. The molecular weight excluding hydrogens is 228 g/mol. The first-order chi connectivity index (χ1) is 8.04. The van der Waals surface area contributed by atoms with Crippen LogP contribution in [0.1, 0.15) is 10.4 Å². The van der Waals surface area contributed by atoms with Crippen molar-refractivity contribution < 1.29 is 19.4 Å². The van der Waals surface area contributed by atoms with Crippen LogP contribution in [0.2, 0.25) is 0 Å². The lowest BCUT2D eigenvalue weighted by Crippen LogP contribution is -2.43. The normalized spacial score (nSPS) is 11.8. The number of aromatic nitrogens is 1. The van der Waals surface area contributed by atoms with Gasteiger partial charge in [0.15, 0.2) is 6.04 Å². The van der Waals surface area contributed by atoms with Crippen LogP contribution in [0, 0.1) is 0 Å². The first-order valence-corrected chi connectivity index (χ1v) is 4.76. The molecule has 1 rings (SSSR count). The molecule has 0 saturated heterocycles. The van der Waals surface area contributed by atoms with Gasteiger partial charge < -0.3 is 20.1 Å². The Hall–Kier alpha value is -2.15. The quantitative estimate of drug-likeness (QED) is 0.624. The lowest BCUT2D eigenvalue weighted by atomic mass is 10.2. The van der Waals surface area contributed by atoms with Gasteiger partial charge in [-0.05, 0) is 6.07 Å². The van der Waals surface area contributed by atoms with Crippen molar-refractivity contribution in [1.82, 2.24) is 10.3 Å². The summed E-state index contributed by atoms with van der Waals surface area (Å²) in [6.45, 7) is -0.134. The number of hydrogen-bond acceptors (Lipinski definition) is 4. The van der Waals surface area contributed by atoms with Crippen molar-refractivity contribution in [1.29, 1.82) is 0 Å². The number of hydrogen-bond donors (Lipinski definition) is 3. The number of nitrogens with one attached hydrogen (secondary N) is 2. The van der Waals surface area contributed by atoms with Crippen LogP contribution in [0.5, 0.6) is 0 Å². The third kappa shape index (κ3) is 3.72. The Bertz CT molecular complexity index is 448. The van der Waals surface area contributed by atoms with Gasteiger partial charge in [0, 0.05) is 19.4 Å². The topological polar surface area (TPSA) is 108 Å². The number of H-pyrrole nitrogens is 1. The van der Waals surface area contributed by atoms with Gasteiger partial charge in [0.25, 0.3) is 5.91 Å². The monoisotopic (exact) mass is 240 g/mol. The fourth-order valence-corrected chi connectivity index (χ4v) is 1.13. The highest BCUT2D eigenvalue weighted by Gasteiger charge is 2.20. The van der Waals surface area contributed by atoms with Crippen molar-refractivity contribution in [3.8, 4) is 0 Å². The third-order valence-electron chi connectivity index (χ3n) is 1.98. The van der Waals surface area contributed by atoms with Crippen molar-refractivity contribution in [2.45, 2.75) is 6.04 Å². The van der Waals surface area contributed by atoms with Crippen molar-refractivity contribution >= 4 is 11.9 Å². The number of aliphatic carboxylic acids is 1. The molecular formula is C10H12N2O5. The fraction of sp³-hybridized carbons (Fsp3) is 0.300. The van der Waals surface area contributed by atoms with Crippen LogP contribution in [0.15, 0.2) is 23.1 Å². The molecule has 0 aromatic carbocycles. The summed E-state index contributed by atoms with van der Waals surface area (Å²) < 4.78 is 4.67. The number of carboxylic acid groups (broad SMARTS) is 1. The van der Waals surface area contributed by atoms with Crippen LogP contribution in [0.4, 0.5) is 0 Å². The van der Waals surface area contributed by atoms with Crippen LogP contribution >= 0.6 is 0 Å². The molecule has 0 spiro atoms. The number of ether oxygens (including phenoxy) is 1. The molecule has 1 unspecified atom stereocenters. The molecule has 0 aliphatic heterocycles. The van der Waals surface area contributed by atoms with E-state index in [9.17, 15) is 14.4 Å². The van der Waals surface area contributed by atoms with Crippen LogP contribution in [0.3, 0.4) is 0 Å². The Morgan fingerprint density at radius 2 is 2.24 bits per heavy atom. The molecule has 3 N–H and O–H groups in total. The molecule has 0 aliphatic rings. The maximum absolute atomic E-state index is 11.6. The van der Waals surface area contributed by atoms with Gasteiger partial charge in [-0.25, -0.2) is 4.79 Å². The van der Waals surface area contributed by atoms with E-state index in [-0.39, 0.29) is 17.7 Å². The van der Waals surface area contributed by atoms with E-state index >= 15 is 0 Å². The zero-order valence-corrected chi connectivity index (χ0v) is 9.10. The van der Waals surface area contributed by atoms with E-state index in [4.69, 9.17) is 5.11 Å². The zero-order chi connectivity index (χ0) is 12.8. The number of amides is 1.